The summed E-state index contributed by atoms with van der Waals surface area (Å²) < 4.78 is 11.4. The van der Waals surface area contributed by atoms with Crippen LogP contribution in [0.3, 0.4) is 0 Å². The smallest absolute Gasteiger partial charge is 0.255 e. The van der Waals surface area contributed by atoms with E-state index < -0.39 is 0 Å². The number of aliphatic imine (C=N–C) groups is 1. The molecule has 1 N–H and O–H groups in total. The maximum atomic E-state index is 6.02. The number of aromatic nitrogens is 2. The molecule has 1 saturated heterocycles. The first-order valence-corrected chi connectivity index (χ1v) is 7.78. The number of hydrogen-bond acceptors (Lipinski definition) is 7. The van der Waals surface area contributed by atoms with Crippen LogP contribution in [-0.2, 0) is 4.74 Å². The van der Waals surface area contributed by atoms with Gasteiger partial charge in [0.25, 0.3) is 5.89 Å². The second kappa shape index (κ2) is 5.29. The molecule has 0 radical (unpaired) electrons. The zero-order chi connectivity index (χ0) is 14.2. The highest BCUT2D eigenvalue weighted by Crippen LogP contribution is 2.39. The second-order valence-corrected chi connectivity index (χ2v) is 6.10. The number of hydrogen-bond donors (Lipinski definition) is 1. The molecule has 3 aliphatic rings. The van der Waals surface area contributed by atoms with E-state index in [0.717, 1.165) is 44.3 Å². The Labute approximate surface area is 123 Å². The van der Waals surface area contributed by atoms with Gasteiger partial charge in [-0.25, -0.2) is 0 Å². The van der Waals surface area contributed by atoms with Gasteiger partial charge in [0, 0.05) is 26.1 Å². The zero-order valence-electron chi connectivity index (χ0n) is 12.3. The van der Waals surface area contributed by atoms with Gasteiger partial charge in [0.05, 0.1) is 12.6 Å². The Balaban J connectivity index is 1.29. The summed E-state index contributed by atoms with van der Waals surface area (Å²) in [5.41, 5.74) is 0. The maximum Gasteiger partial charge on any atom is 0.255 e. The van der Waals surface area contributed by atoms with Crippen LogP contribution in [0.4, 0.5) is 0 Å². The van der Waals surface area contributed by atoms with Gasteiger partial charge < -0.3 is 19.5 Å². The summed E-state index contributed by atoms with van der Waals surface area (Å²) in [6, 6.07) is 0. The third kappa shape index (κ3) is 2.74. The third-order valence-electron chi connectivity index (χ3n) is 4.33. The molecule has 3 heterocycles. The molecule has 114 valence electrons. The van der Waals surface area contributed by atoms with E-state index in [0.29, 0.717) is 11.8 Å². The maximum absolute atomic E-state index is 6.02. The molecule has 1 aromatic heterocycles. The Kier molecular flexibility index (Phi) is 3.29. The number of ether oxygens (including phenoxy) is 1. The highest BCUT2D eigenvalue weighted by atomic mass is 16.5. The van der Waals surface area contributed by atoms with Crippen molar-refractivity contribution in [3.63, 3.8) is 0 Å². The summed E-state index contributed by atoms with van der Waals surface area (Å²) in [5.74, 6) is 3.00. The van der Waals surface area contributed by atoms with Crippen LogP contribution < -0.4 is 5.32 Å². The lowest BCUT2D eigenvalue weighted by Gasteiger charge is -2.18. The van der Waals surface area contributed by atoms with Crippen molar-refractivity contribution >= 4 is 5.96 Å². The molecular formula is C14H21N5O2. The molecule has 2 atom stereocenters. The topological polar surface area (TPSA) is 75.8 Å². The SMILES string of the molecule is CN1CCN=C1NC[C@H]1CC[C@@H](c2nc(C3CC3)no2)O1. The van der Waals surface area contributed by atoms with E-state index in [1.54, 1.807) is 0 Å². The largest absolute Gasteiger partial charge is 0.363 e. The van der Waals surface area contributed by atoms with E-state index in [1.165, 1.54) is 12.8 Å². The second-order valence-electron chi connectivity index (χ2n) is 6.10. The molecule has 7 nitrogen and oxygen atoms in total. The van der Waals surface area contributed by atoms with Crippen LogP contribution in [0.15, 0.2) is 9.52 Å². The van der Waals surface area contributed by atoms with Gasteiger partial charge in [0.15, 0.2) is 11.8 Å². The lowest BCUT2D eigenvalue weighted by Crippen LogP contribution is -2.39. The number of nitrogens with one attached hydrogen (secondary N) is 1. The van der Waals surface area contributed by atoms with Crippen molar-refractivity contribution in [3.05, 3.63) is 11.7 Å². The van der Waals surface area contributed by atoms with Gasteiger partial charge in [-0.1, -0.05) is 5.16 Å². The molecule has 4 rings (SSSR count). The molecule has 0 amide bonds. The van der Waals surface area contributed by atoms with E-state index in [9.17, 15) is 0 Å². The zero-order valence-corrected chi connectivity index (χ0v) is 12.3. The fourth-order valence-electron chi connectivity index (χ4n) is 2.85. The highest BCUT2D eigenvalue weighted by molar-refractivity contribution is 5.81. The van der Waals surface area contributed by atoms with Crippen LogP contribution in [0.25, 0.3) is 0 Å². The molecule has 0 bridgehead atoms. The fourth-order valence-corrected chi connectivity index (χ4v) is 2.85. The molecule has 0 unspecified atom stereocenters. The van der Waals surface area contributed by atoms with Gasteiger partial charge in [0.1, 0.15) is 6.10 Å². The van der Waals surface area contributed by atoms with E-state index in [-0.39, 0.29) is 12.2 Å². The molecule has 1 saturated carbocycles. The van der Waals surface area contributed by atoms with Crippen LogP contribution >= 0.6 is 0 Å². The average molecular weight is 291 g/mol. The van der Waals surface area contributed by atoms with Crippen LogP contribution in [0.2, 0.25) is 0 Å². The summed E-state index contributed by atoms with van der Waals surface area (Å²) in [6.45, 7) is 2.64. The minimum absolute atomic E-state index is 0.0416. The Bertz CT molecular complexity index is 539. The van der Waals surface area contributed by atoms with Crippen LogP contribution in [0, 0.1) is 0 Å². The summed E-state index contributed by atoms with van der Waals surface area (Å²) in [5, 5.41) is 7.42. The Morgan fingerprint density at radius 3 is 2.95 bits per heavy atom. The first-order chi connectivity index (χ1) is 10.3. The van der Waals surface area contributed by atoms with E-state index in [4.69, 9.17) is 9.26 Å². The minimum Gasteiger partial charge on any atom is -0.363 e. The molecule has 1 aliphatic carbocycles. The van der Waals surface area contributed by atoms with Gasteiger partial charge in [0.2, 0.25) is 0 Å². The lowest BCUT2D eigenvalue weighted by atomic mass is 10.2. The summed E-state index contributed by atoms with van der Waals surface area (Å²) in [7, 11) is 2.05. The molecule has 2 aliphatic heterocycles. The number of rotatable bonds is 4. The van der Waals surface area contributed by atoms with Crippen molar-refractivity contribution in [2.24, 2.45) is 4.99 Å². The number of guanidine groups is 1. The molecular weight excluding hydrogens is 270 g/mol. The summed E-state index contributed by atoms with van der Waals surface area (Å²) >= 11 is 0. The van der Waals surface area contributed by atoms with Crippen LogP contribution in [0.5, 0.6) is 0 Å². The first-order valence-electron chi connectivity index (χ1n) is 7.78. The Hall–Kier alpha value is -1.63. The summed E-state index contributed by atoms with van der Waals surface area (Å²) in [6.07, 6.45) is 4.47. The van der Waals surface area contributed by atoms with Gasteiger partial charge in [-0.05, 0) is 25.7 Å². The van der Waals surface area contributed by atoms with Crippen molar-refractivity contribution in [2.45, 2.75) is 43.8 Å². The van der Waals surface area contributed by atoms with E-state index in [2.05, 4.69) is 32.4 Å². The van der Waals surface area contributed by atoms with Crippen molar-refractivity contribution < 1.29 is 9.26 Å². The molecule has 7 heteroatoms. The number of nitrogens with zero attached hydrogens (tertiary/aromatic N) is 4. The van der Waals surface area contributed by atoms with E-state index in [1.807, 2.05) is 0 Å². The van der Waals surface area contributed by atoms with Crippen LogP contribution in [0.1, 0.15) is 49.4 Å². The molecule has 1 aromatic rings. The standard InChI is InChI=1S/C14H21N5O2/c1-19-7-6-15-14(19)16-8-10-4-5-11(20-10)13-17-12(18-21-13)9-2-3-9/h9-11H,2-8H2,1H3,(H,15,16)/t10-,11+/m1/s1. The normalized spacial score (nSPS) is 29.0. The quantitative estimate of drug-likeness (QED) is 0.894. The molecule has 2 fully saturated rings. The predicted octanol–water partition coefficient (Wildman–Crippen LogP) is 1.06. The van der Waals surface area contributed by atoms with Gasteiger partial charge in [-0.15, -0.1) is 0 Å². The Morgan fingerprint density at radius 1 is 1.29 bits per heavy atom. The first kappa shape index (κ1) is 13.1. The van der Waals surface area contributed by atoms with Gasteiger partial charge in [-0.3, -0.25) is 4.99 Å². The van der Waals surface area contributed by atoms with Gasteiger partial charge >= 0.3 is 0 Å². The minimum atomic E-state index is -0.0416. The molecule has 0 spiro atoms. The summed E-state index contributed by atoms with van der Waals surface area (Å²) in [4.78, 5) is 11.0. The van der Waals surface area contributed by atoms with Crippen molar-refractivity contribution in [1.29, 1.82) is 0 Å². The number of likely N-dealkylation sites (N-methyl/N-ethyl adjacent to an activating group) is 1. The van der Waals surface area contributed by atoms with Crippen molar-refractivity contribution in [2.75, 3.05) is 26.7 Å². The monoisotopic (exact) mass is 291 g/mol. The lowest BCUT2D eigenvalue weighted by molar-refractivity contribution is 0.0284. The van der Waals surface area contributed by atoms with Crippen LogP contribution in [-0.4, -0.2) is 53.8 Å². The average Bonchev–Trinajstić information content (AvgIpc) is 2.92. The fraction of sp³-hybridized carbons (Fsp3) is 0.786. The van der Waals surface area contributed by atoms with Crippen molar-refractivity contribution in [3.8, 4) is 0 Å². The van der Waals surface area contributed by atoms with Crippen molar-refractivity contribution in [1.82, 2.24) is 20.4 Å². The Morgan fingerprint density at radius 2 is 2.19 bits per heavy atom. The van der Waals surface area contributed by atoms with E-state index >= 15 is 0 Å². The third-order valence-corrected chi connectivity index (χ3v) is 4.33. The molecule has 21 heavy (non-hydrogen) atoms. The highest BCUT2D eigenvalue weighted by Gasteiger charge is 2.34. The predicted molar refractivity (Wildman–Crippen MR) is 76.1 cm³/mol. The van der Waals surface area contributed by atoms with Gasteiger partial charge in [-0.2, -0.15) is 4.98 Å². The molecule has 0 aromatic carbocycles.